The number of carbonyl (C=O) groups is 1. The molecule has 0 amide bonds. The second-order valence-corrected chi connectivity index (χ2v) is 24.4. The molecule has 94 heavy (non-hydrogen) atoms. The van der Waals surface area contributed by atoms with Gasteiger partial charge in [-0.3, -0.25) is 13.9 Å². The summed E-state index contributed by atoms with van der Waals surface area (Å²) >= 11 is 0. The average Bonchev–Trinajstić information content (AvgIpc) is 1.51. The number of benzene rings is 9. The minimum atomic E-state index is -3.82. The van der Waals surface area contributed by atoms with Gasteiger partial charge in [-0.2, -0.15) is 8.42 Å². The molecule has 9 aromatic carbocycles. The van der Waals surface area contributed by atoms with Gasteiger partial charge < -0.3 is 40.7 Å². The molecule has 2 fully saturated rings. The zero-order chi connectivity index (χ0) is 65.8. The second-order valence-electron chi connectivity index (χ2n) is 22.8. The summed E-state index contributed by atoms with van der Waals surface area (Å²) in [7, 11) is -3.82. The first-order valence-electron chi connectivity index (χ1n) is 31.4. The van der Waals surface area contributed by atoms with E-state index >= 15 is 0 Å². The number of aliphatic hydroxyl groups is 1. The maximum Gasteiger partial charge on any atom is 1.00 e. The Labute approximate surface area is 645 Å². The summed E-state index contributed by atoms with van der Waals surface area (Å²) in [6, 6.07) is 80.5. The zero-order valence-corrected chi connectivity index (χ0v) is 62.9. The molecule has 0 unspecified atom stereocenters. The van der Waals surface area contributed by atoms with Gasteiger partial charge in [0.25, 0.3) is 16.6 Å². The number of epoxide rings is 1. The van der Waals surface area contributed by atoms with E-state index in [0.717, 1.165) is 78.4 Å². The molecule has 0 spiro atoms. The molecule has 9 aromatic rings. The van der Waals surface area contributed by atoms with Crippen LogP contribution in [0.15, 0.2) is 248 Å². The second kappa shape index (κ2) is 46.0. The maximum atomic E-state index is 12.4. The molecule has 2 heterocycles. The third kappa shape index (κ3) is 31.7. The monoisotopic (exact) mass is 1340 g/mol. The molecular weight excluding hydrogens is 1250 g/mol. The Morgan fingerprint density at radius 3 is 1.27 bits per heavy atom. The largest absolute Gasteiger partial charge is 1.00 e. The van der Waals surface area contributed by atoms with E-state index in [1.54, 1.807) is 44.2 Å². The molecule has 16 heteroatoms. The van der Waals surface area contributed by atoms with Crippen molar-refractivity contribution < 1.29 is 161 Å². The number of phenolic OH excluding ortho intramolecular Hbond substituents is 1. The number of aromatic hydroxyl groups is 1. The number of likely N-dealkylation sites (tertiary alicyclic amines) is 1. The van der Waals surface area contributed by atoms with Crippen LogP contribution in [0.25, 0.3) is 0 Å². The smallest absolute Gasteiger partial charge is 1.00 e. The van der Waals surface area contributed by atoms with Crippen molar-refractivity contribution in [2.24, 2.45) is 0 Å². The molecule has 2 N–H and O–H groups in total. The van der Waals surface area contributed by atoms with E-state index in [1.807, 2.05) is 122 Å². The zero-order valence-electron chi connectivity index (χ0n) is 56.9. The Bertz CT molecular complexity index is 3600. The van der Waals surface area contributed by atoms with Crippen molar-refractivity contribution in [2.45, 2.75) is 122 Å². The van der Waals surface area contributed by atoms with Gasteiger partial charge in [-0.05, 0) is 142 Å². The molecule has 0 radical (unpaired) electrons. The van der Waals surface area contributed by atoms with Gasteiger partial charge in [0, 0.05) is 37.8 Å². The van der Waals surface area contributed by atoms with E-state index in [-0.39, 0.29) is 122 Å². The van der Waals surface area contributed by atoms with Crippen LogP contribution in [-0.2, 0) is 54.4 Å². The predicted molar refractivity (Wildman–Crippen MR) is 365 cm³/mol. The number of piperidine rings is 1. The topological polar surface area (TPSA) is 177 Å². The molecule has 0 aliphatic carbocycles. The number of rotatable bonds is 22. The summed E-state index contributed by atoms with van der Waals surface area (Å²) in [5, 5.41) is 27.3. The van der Waals surface area contributed by atoms with Crippen LogP contribution in [0.2, 0.25) is 0 Å². The van der Waals surface area contributed by atoms with Crippen molar-refractivity contribution in [3.05, 3.63) is 293 Å². The predicted octanol–water partition coefficient (Wildman–Crippen LogP) is 8.66. The molecule has 11 rings (SSSR count). The normalized spacial score (nSPS) is 14.5. The van der Waals surface area contributed by atoms with Crippen LogP contribution in [0.1, 0.15) is 105 Å². The van der Waals surface area contributed by atoms with Gasteiger partial charge in [0.05, 0.1) is 23.7 Å². The number of carbonyl (C=O) groups excluding carboxylic acids is 1. The van der Waals surface area contributed by atoms with Crippen molar-refractivity contribution in [1.29, 1.82) is 0 Å². The standard InChI is InChI=1S/C23H24O4S.C22H29NO.C16H18O2.C13H12O.C3H6O.CH2O3.2K.H/c1-18-12-14-22(15-13-18)28(24,25)27-19(2)17-26-23-11-7-6-10-21(23)16-20-8-4-3-5-9-20;1-18-10-8-9-15-23(18)19(2)17-24-22-14-7-6-13-21(22)16-20-11-4-3-5-12-20;1-13(17)12-18-16-10-6-5-9-15(16)11-14-7-3-2-4-8-14;14-13-9-5-4-8-12(13)10-11-6-2-1-3-7-11;1-3-2-4-3;2-1-4-3;;;/h3-15,19H,16-17H2,1-2H3;3-7,11-14,18-19H,8-10,15-17H2,1-2H3;2-10,13,17H,11-12H2,1H3;1-9,14H,10H2;3H,2H2,1H3;1,3H;;;/q;;;;;;2*+1;-1/p-1/t19-;18-,19-;13-;;3-;;;;/m111.1..../s1. The Hall–Kier alpha value is -5.33. The number of ether oxygens (including phenoxy) is 4. The summed E-state index contributed by atoms with van der Waals surface area (Å²) in [6.07, 6.45) is 6.81. The number of hydrogen-bond donors (Lipinski definition) is 2. The number of nitrogens with zero attached hydrogens (tertiary/aromatic N) is 1. The number of para-hydroxylation sites is 4. The van der Waals surface area contributed by atoms with Crippen molar-refractivity contribution in [3.63, 3.8) is 0 Å². The van der Waals surface area contributed by atoms with E-state index in [4.69, 9.17) is 33.2 Å². The molecule has 2 aliphatic rings. The van der Waals surface area contributed by atoms with Gasteiger partial charge in [-0.25, -0.2) is 0 Å². The van der Waals surface area contributed by atoms with E-state index in [1.165, 1.54) is 53.6 Å². The van der Waals surface area contributed by atoms with E-state index in [9.17, 15) is 18.6 Å². The van der Waals surface area contributed by atoms with Crippen LogP contribution in [0, 0.1) is 6.92 Å². The Morgan fingerprint density at radius 1 is 0.543 bits per heavy atom. The van der Waals surface area contributed by atoms with Gasteiger partial charge in [0.1, 0.15) is 48.9 Å². The molecule has 488 valence electrons. The van der Waals surface area contributed by atoms with E-state index < -0.39 is 22.3 Å². The number of aliphatic hydroxyl groups excluding tert-OH is 1. The maximum absolute atomic E-state index is 12.4. The fraction of sp³-hybridized carbons (Fsp3) is 0.295. The van der Waals surface area contributed by atoms with Crippen molar-refractivity contribution in [2.75, 3.05) is 33.0 Å². The van der Waals surface area contributed by atoms with Crippen molar-refractivity contribution >= 4 is 16.6 Å². The number of hydrogen-bond acceptors (Lipinski definition) is 13. The third-order valence-electron chi connectivity index (χ3n) is 14.9. The minimum absolute atomic E-state index is 0. The van der Waals surface area contributed by atoms with Gasteiger partial charge in [0.2, 0.25) is 0 Å². The first-order chi connectivity index (χ1) is 44.6. The quantitative estimate of drug-likeness (QED) is 0.0165. The Balaban J connectivity index is 0.000000321. The van der Waals surface area contributed by atoms with Crippen LogP contribution < -0.4 is 122 Å². The molecule has 2 saturated heterocycles. The Morgan fingerprint density at radius 2 is 0.894 bits per heavy atom. The third-order valence-corrected chi connectivity index (χ3v) is 16.3. The first-order valence-corrected chi connectivity index (χ1v) is 32.8. The first kappa shape index (κ1) is 81.1. The van der Waals surface area contributed by atoms with Crippen LogP contribution in [0.3, 0.4) is 0 Å². The minimum Gasteiger partial charge on any atom is -1.00 e. The summed E-state index contributed by atoms with van der Waals surface area (Å²) in [6.45, 7) is 15.2. The molecular formula is C78H91K2NO12S. The number of aryl methyl sites for hydroxylation is 1. The summed E-state index contributed by atoms with van der Waals surface area (Å²) in [5.74, 6) is 2.98. The molecule has 5 atom stereocenters. The van der Waals surface area contributed by atoms with Crippen LogP contribution in [0.5, 0.6) is 23.0 Å². The van der Waals surface area contributed by atoms with Crippen LogP contribution >= 0.6 is 0 Å². The van der Waals surface area contributed by atoms with Gasteiger partial charge in [0.15, 0.2) is 0 Å². The van der Waals surface area contributed by atoms with Crippen LogP contribution in [-0.4, -0.2) is 93.4 Å². The van der Waals surface area contributed by atoms with E-state index in [2.05, 4.69) is 128 Å². The molecule has 13 nitrogen and oxygen atoms in total. The van der Waals surface area contributed by atoms with Crippen molar-refractivity contribution in [1.82, 2.24) is 4.90 Å². The van der Waals surface area contributed by atoms with E-state index in [0.29, 0.717) is 30.5 Å². The Kier molecular flexibility index (Phi) is 39.7. The summed E-state index contributed by atoms with van der Waals surface area (Å²) < 4.78 is 52.5. The number of phenols is 1. The molecule has 0 saturated carbocycles. The molecule has 2 aliphatic heterocycles. The summed E-state index contributed by atoms with van der Waals surface area (Å²) in [5.41, 5.74) is 10.4. The average molecular weight is 1340 g/mol. The van der Waals surface area contributed by atoms with Crippen molar-refractivity contribution in [3.8, 4) is 23.0 Å². The van der Waals surface area contributed by atoms with Gasteiger partial charge in [-0.1, -0.05) is 218 Å². The van der Waals surface area contributed by atoms with Gasteiger partial charge in [-0.15, -0.1) is 0 Å². The molecule has 0 bridgehead atoms. The fourth-order valence-corrected chi connectivity index (χ4v) is 11.0. The fourth-order valence-electron chi connectivity index (χ4n) is 9.89. The SMILES string of the molecule is C[C@@H](O)COc1ccccc1Cc1ccccc1.C[C@@H]1CCCCN1[C@H](C)COc1ccccc1Cc1ccccc1.C[C@@H]1CO1.Cc1ccc(S(=O)(=O)O[C@H](C)COc2ccccc2Cc2ccccc2)cc1.O=CO[O-].Oc1ccccc1Cc1ccccc1.[H-].[K+].[K+]. The molecule has 0 aromatic heterocycles. The van der Waals surface area contributed by atoms with Crippen LogP contribution in [0.4, 0.5) is 0 Å². The summed E-state index contributed by atoms with van der Waals surface area (Å²) in [4.78, 5) is 14.0. The van der Waals surface area contributed by atoms with Gasteiger partial charge >= 0.3 is 103 Å².